The summed E-state index contributed by atoms with van der Waals surface area (Å²) in [5.41, 5.74) is 2.27. The van der Waals surface area contributed by atoms with Gasteiger partial charge in [0.25, 0.3) is 0 Å². The molecule has 3 aliphatic heterocycles. The maximum absolute atomic E-state index is 13.6. The van der Waals surface area contributed by atoms with Gasteiger partial charge in [-0.1, -0.05) is 84.9 Å². The van der Waals surface area contributed by atoms with Crippen LogP contribution in [0.1, 0.15) is 36.1 Å². The van der Waals surface area contributed by atoms with Gasteiger partial charge in [-0.25, -0.2) is 8.42 Å². The zero-order valence-corrected chi connectivity index (χ0v) is 17.2. The van der Waals surface area contributed by atoms with Crippen LogP contribution in [0, 0.1) is 5.92 Å². The highest BCUT2D eigenvalue weighted by Gasteiger charge is 2.85. The lowest BCUT2D eigenvalue weighted by molar-refractivity contribution is -0.0516. The van der Waals surface area contributed by atoms with Gasteiger partial charge in [0.1, 0.15) is 16.5 Å². The molecule has 3 aromatic rings. The van der Waals surface area contributed by atoms with Crippen molar-refractivity contribution in [2.75, 3.05) is 0 Å². The van der Waals surface area contributed by atoms with Crippen LogP contribution in [-0.4, -0.2) is 18.4 Å². The Morgan fingerprint density at radius 2 is 1.14 bits per heavy atom. The minimum Gasteiger partial charge on any atom is -0.348 e. The molecule has 3 aliphatic rings. The molecule has 3 nitrogen and oxygen atoms in total. The number of hydrogen-bond acceptors (Lipinski definition) is 3. The molecule has 0 aliphatic carbocycles. The fraction of sp³-hybridized carbons (Fsp3) is 0.280. The molecule has 146 valence electrons. The Kier molecular flexibility index (Phi) is 3.12. The van der Waals surface area contributed by atoms with Crippen molar-refractivity contribution in [1.82, 2.24) is 0 Å². The Bertz CT molecular complexity index is 1230. The number of fused-ring (bicyclic) bond motifs is 8. The normalized spacial score (nSPS) is 34.8. The molecule has 0 N–H and O–H groups in total. The van der Waals surface area contributed by atoms with Gasteiger partial charge in [0, 0.05) is 5.92 Å². The average Bonchev–Trinajstić information content (AvgIpc) is 3.24. The van der Waals surface area contributed by atoms with Gasteiger partial charge >= 0.3 is 0 Å². The van der Waals surface area contributed by atoms with E-state index in [1.165, 1.54) is 0 Å². The Hall–Kier alpha value is -2.43. The summed E-state index contributed by atoms with van der Waals surface area (Å²) in [6.07, 6.45) is 0. The zero-order chi connectivity index (χ0) is 20.1. The fourth-order valence-electron chi connectivity index (χ4n) is 6.21. The van der Waals surface area contributed by atoms with Crippen LogP contribution in [0.3, 0.4) is 0 Å². The van der Waals surface area contributed by atoms with Crippen molar-refractivity contribution in [3.8, 4) is 0 Å². The summed E-state index contributed by atoms with van der Waals surface area (Å²) in [6.45, 7) is 3.72. The molecule has 3 heterocycles. The lowest BCUT2D eigenvalue weighted by Gasteiger charge is -2.56. The number of rotatable bonds is 2. The molecule has 0 aromatic heterocycles. The van der Waals surface area contributed by atoms with Crippen LogP contribution in [0.2, 0.25) is 0 Å². The third-order valence-corrected chi connectivity index (χ3v) is 10.4. The Morgan fingerprint density at radius 3 is 1.69 bits per heavy atom. The standard InChI is InChI=1S/C25H22O3S/c1-23(2)21-22(29(23,26)27)25(18-13-7-4-8-14-18)20-16-10-9-15-19(20)24(21,28-25)17-11-5-3-6-12-17/h3-16,21-22H,1-2H3/t21-,22+,24+,25+/m1/s1. The molecule has 4 heteroatoms. The summed E-state index contributed by atoms with van der Waals surface area (Å²) in [5.74, 6) is -0.155. The molecule has 0 amide bonds. The van der Waals surface area contributed by atoms with E-state index >= 15 is 0 Å². The van der Waals surface area contributed by atoms with Crippen molar-refractivity contribution in [3.05, 3.63) is 107 Å². The Balaban J connectivity index is 1.77. The number of benzene rings is 3. The second-order valence-electron chi connectivity index (χ2n) is 8.90. The van der Waals surface area contributed by atoms with Crippen LogP contribution < -0.4 is 0 Å². The predicted molar refractivity (Wildman–Crippen MR) is 112 cm³/mol. The molecule has 0 saturated carbocycles. The molecule has 0 spiro atoms. The minimum atomic E-state index is -3.39. The highest BCUT2D eigenvalue weighted by molar-refractivity contribution is 7.95. The summed E-state index contributed by atoms with van der Waals surface area (Å²) in [4.78, 5) is 0. The van der Waals surface area contributed by atoms with Crippen LogP contribution in [-0.2, 0) is 25.8 Å². The summed E-state index contributed by atoms with van der Waals surface area (Å²) in [7, 11) is -3.39. The quantitative estimate of drug-likeness (QED) is 0.638. The first-order valence-corrected chi connectivity index (χ1v) is 11.6. The van der Waals surface area contributed by atoms with Gasteiger partial charge < -0.3 is 4.74 Å². The summed E-state index contributed by atoms with van der Waals surface area (Å²) in [5, 5.41) is -0.595. The van der Waals surface area contributed by atoms with Gasteiger partial charge in [0.05, 0.1) is 4.75 Å². The second kappa shape index (κ2) is 5.18. The third-order valence-electron chi connectivity index (χ3n) is 7.41. The number of hydrogen-bond donors (Lipinski definition) is 0. The van der Waals surface area contributed by atoms with Crippen LogP contribution >= 0.6 is 0 Å². The minimum absolute atomic E-state index is 0.155. The Morgan fingerprint density at radius 1 is 0.690 bits per heavy atom. The molecular weight excluding hydrogens is 380 g/mol. The molecular formula is C25H22O3S. The van der Waals surface area contributed by atoms with E-state index in [1.54, 1.807) is 0 Å². The molecule has 0 radical (unpaired) electrons. The molecule has 4 atom stereocenters. The monoisotopic (exact) mass is 402 g/mol. The average molecular weight is 403 g/mol. The van der Waals surface area contributed by atoms with Gasteiger partial charge in [-0.3, -0.25) is 0 Å². The molecule has 2 saturated heterocycles. The lowest BCUT2D eigenvalue weighted by Crippen LogP contribution is -2.70. The highest BCUT2D eigenvalue weighted by Crippen LogP contribution is 2.75. The summed E-state index contributed by atoms with van der Waals surface area (Å²) >= 11 is 0. The van der Waals surface area contributed by atoms with E-state index in [1.807, 2.05) is 80.6 Å². The van der Waals surface area contributed by atoms with Crippen molar-refractivity contribution < 1.29 is 13.2 Å². The van der Waals surface area contributed by atoms with Crippen molar-refractivity contribution >= 4 is 9.84 Å². The van der Waals surface area contributed by atoms with Crippen molar-refractivity contribution in [2.45, 2.75) is 35.0 Å². The second-order valence-corrected chi connectivity index (χ2v) is 11.5. The van der Waals surface area contributed by atoms with Crippen LogP contribution in [0.15, 0.2) is 84.9 Å². The van der Waals surface area contributed by atoms with E-state index in [9.17, 15) is 8.42 Å². The molecule has 0 unspecified atom stereocenters. The maximum Gasteiger partial charge on any atom is 0.162 e. The Labute approximate surface area is 171 Å². The molecule has 29 heavy (non-hydrogen) atoms. The van der Waals surface area contributed by atoms with E-state index in [2.05, 4.69) is 18.2 Å². The summed E-state index contributed by atoms with van der Waals surface area (Å²) < 4.78 is 33.5. The molecule has 6 rings (SSSR count). The van der Waals surface area contributed by atoms with Crippen molar-refractivity contribution in [1.29, 1.82) is 0 Å². The topological polar surface area (TPSA) is 43.4 Å². The SMILES string of the molecule is CC1(C)[C@H]2[C@@H]([C@@]3(c4ccccc4)O[C@@]2(c2ccccc2)c2ccccc23)S1(=O)=O. The highest BCUT2D eigenvalue weighted by atomic mass is 32.2. The van der Waals surface area contributed by atoms with E-state index < -0.39 is 31.0 Å². The van der Waals surface area contributed by atoms with E-state index in [-0.39, 0.29) is 5.92 Å². The van der Waals surface area contributed by atoms with Crippen molar-refractivity contribution in [3.63, 3.8) is 0 Å². The number of ether oxygens (including phenoxy) is 1. The fourth-order valence-corrected chi connectivity index (χ4v) is 8.94. The van der Waals surface area contributed by atoms with Crippen molar-refractivity contribution in [2.24, 2.45) is 5.92 Å². The van der Waals surface area contributed by atoms with E-state index in [0.29, 0.717) is 0 Å². The largest absolute Gasteiger partial charge is 0.348 e. The van der Waals surface area contributed by atoms with Crippen LogP contribution in [0.25, 0.3) is 0 Å². The summed E-state index contributed by atoms with van der Waals surface area (Å²) in [6, 6.07) is 28.2. The molecule has 2 bridgehead atoms. The zero-order valence-electron chi connectivity index (χ0n) is 16.4. The molecule has 3 aromatic carbocycles. The van der Waals surface area contributed by atoms with Crippen LogP contribution in [0.4, 0.5) is 0 Å². The number of sulfone groups is 1. The molecule has 2 fully saturated rings. The first kappa shape index (κ1) is 17.4. The maximum atomic E-state index is 13.6. The third kappa shape index (κ3) is 1.69. The smallest absolute Gasteiger partial charge is 0.162 e. The predicted octanol–water partition coefficient (Wildman–Crippen LogP) is 4.41. The van der Waals surface area contributed by atoms with Gasteiger partial charge in [-0.15, -0.1) is 0 Å². The van der Waals surface area contributed by atoms with Gasteiger partial charge in [-0.2, -0.15) is 0 Å². The lowest BCUT2D eigenvalue weighted by atomic mass is 9.61. The van der Waals surface area contributed by atoms with Gasteiger partial charge in [0.15, 0.2) is 9.84 Å². The van der Waals surface area contributed by atoms with Gasteiger partial charge in [-0.05, 0) is 36.1 Å². The van der Waals surface area contributed by atoms with E-state index in [4.69, 9.17) is 4.74 Å². The van der Waals surface area contributed by atoms with E-state index in [0.717, 1.165) is 22.3 Å². The van der Waals surface area contributed by atoms with Gasteiger partial charge in [0.2, 0.25) is 0 Å². The first-order chi connectivity index (χ1) is 13.9. The van der Waals surface area contributed by atoms with Crippen LogP contribution in [0.5, 0.6) is 0 Å². The first-order valence-electron chi connectivity index (χ1n) is 10.0.